The Hall–Kier alpha value is -2.03. The lowest BCUT2D eigenvalue weighted by Crippen LogP contribution is -2.26. The Labute approximate surface area is 187 Å². The number of benzene rings is 1. The van der Waals surface area contributed by atoms with E-state index in [2.05, 4.69) is 15.3 Å². The monoisotopic (exact) mass is 463 g/mol. The molecule has 1 aromatic heterocycles. The molecule has 1 aromatic carbocycles. The van der Waals surface area contributed by atoms with E-state index in [4.69, 9.17) is 16.3 Å². The first kappa shape index (κ1) is 22.2. The molecule has 2 aliphatic rings. The fourth-order valence-corrected chi connectivity index (χ4v) is 6.12. The third-order valence-electron chi connectivity index (χ3n) is 5.89. The van der Waals surface area contributed by atoms with Crippen LogP contribution in [0.2, 0.25) is 5.02 Å². The van der Waals surface area contributed by atoms with Crippen molar-refractivity contribution in [3.05, 3.63) is 46.9 Å². The number of carbonyl (C=O) groups excluding carboxylic acids is 1. The van der Waals surface area contributed by atoms with Crippen LogP contribution < -0.4 is 5.32 Å². The first-order valence-electron chi connectivity index (χ1n) is 10.5. The number of halogens is 1. The Kier molecular flexibility index (Phi) is 6.60. The average molecular weight is 464 g/mol. The molecule has 0 unspecified atom stereocenters. The van der Waals surface area contributed by atoms with E-state index in [0.29, 0.717) is 49.8 Å². The van der Waals surface area contributed by atoms with Crippen LogP contribution in [0.3, 0.4) is 0 Å². The Balaban J connectivity index is 1.60. The molecule has 1 saturated carbocycles. The number of rotatable bonds is 7. The maximum Gasteiger partial charge on any atom is 0.233 e. The first-order valence-corrected chi connectivity index (χ1v) is 12.5. The highest BCUT2D eigenvalue weighted by atomic mass is 35.5. The highest BCUT2D eigenvalue weighted by Crippen LogP contribution is 2.38. The molecule has 1 aliphatic heterocycles. The number of hydrogen-bond acceptors (Lipinski definition) is 6. The number of anilines is 1. The third-order valence-corrected chi connectivity index (χ3v) is 8.63. The molecule has 0 spiro atoms. The third kappa shape index (κ3) is 5.25. The van der Waals surface area contributed by atoms with E-state index in [1.165, 1.54) is 6.20 Å². The second-order valence-corrected chi connectivity index (χ2v) is 10.9. The molecule has 1 amide bonds. The zero-order chi connectivity index (χ0) is 22.0. The second kappa shape index (κ2) is 9.22. The summed E-state index contributed by atoms with van der Waals surface area (Å²) in [6.45, 7) is 3.19. The standard InChI is InChI=1S/C22H26ClN3O4S/c1-14-12-25-21(13-24-14)26-22(27)18(10-15-6-8-30-9-7-15)16-2-5-20(19(23)11-16)31(28,29)17-3-4-17/h2,5,11-13,15,17-18H,3-4,6-10H2,1H3,(H,25,26,27)/t18-/m1/s1. The molecule has 7 nitrogen and oxygen atoms in total. The van der Waals surface area contributed by atoms with E-state index in [-0.39, 0.29) is 21.1 Å². The van der Waals surface area contributed by atoms with Gasteiger partial charge in [-0.05, 0) is 62.6 Å². The van der Waals surface area contributed by atoms with E-state index >= 15 is 0 Å². The van der Waals surface area contributed by atoms with Crippen LogP contribution >= 0.6 is 11.6 Å². The van der Waals surface area contributed by atoms with Crippen molar-refractivity contribution in [1.82, 2.24) is 9.97 Å². The lowest BCUT2D eigenvalue weighted by molar-refractivity contribution is -0.118. The van der Waals surface area contributed by atoms with Gasteiger partial charge in [-0.1, -0.05) is 17.7 Å². The summed E-state index contributed by atoms with van der Waals surface area (Å²) in [5.41, 5.74) is 1.46. The van der Waals surface area contributed by atoms with Gasteiger partial charge in [0, 0.05) is 13.2 Å². The molecule has 0 bridgehead atoms. The molecule has 1 N–H and O–H groups in total. The van der Waals surface area contributed by atoms with Crippen molar-refractivity contribution >= 4 is 33.2 Å². The summed E-state index contributed by atoms with van der Waals surface area (Å²) >= 11 is 6.40. The number of nitrogens with one attached hydrogen (secondary N) is 1. The molecule has 2 fully saturated rings. The SMILES string of the molecule is Cc1cnc(NC(=O)[C@H](CC2CCOCC2)c2ccc(S(=O)(=O)C3CC3)c(Cl)c2)cn1. The van der Waals surface area contributed by atoms with E-state index in [9.17, 15) is 13.2 Å². The van der Waals surface area contributed by atoms with Crippen LogP contribution in [0, 0.1) is 12.8 Å². The van der Waals surface area contributed by atoms with E-state index < -0.39 is 15.8 Å². The Morgan fingerprint density at radius 2 is 1.94 bits per heavy atom. The van der Waals surface area contributed by atoms with Gasteiger partial charge < -0.3 is 10.1 Å². The van der Waals surface area contributed by atoms with Crippen molar-refractivity contribution in [1.29, 1.82) is 0 Å². The normalized spacial score (nSPS) is 18.5. The quantitative estimate of drug-likeness (QED) is 0.668. The van der Waals surface area contributed by atoms with Crippen LogP contribution in [0.25, 0.3) is 0 Å². The highest BCUT2D eigenvalue weighted by molar-refractivity contribution is 7.92. The van der Waals surface area contributed by atoms with Gasteiger partial charge in [-0.25, -0.2) is 13.4 Å². The summed E-state index contributed by atoms with van der Waals surface area (Å²) in [7, 11) is -3.41. The fraction of sp³-hybridized carbons (Fsp3) is 0.500. The van der Waals surface area contributed by atoms with Gasteiger partial charge in [0.2, 0.25) is 5.91 Å². The van der Waals surface area contributed by atoms with Gasteiger partial charge in [0.25, 0.3) is 0 Å². The Morgan fingerprint density at radius 3 is 2.55 bits per heavy atom. The zero-order valence-corrected chi connectivity index (χ0v) is 19.0. The van der Waals surface area contributed by atoms with E-state index in [1.807, 2.05) is 6.92 Å². The lowest BCUT2D eigenvalue weighted by atomic mass is 9.84. The molecule has 1 aliphatic carbocycles. The fourth-order valence-electron chi connectivity index (χ4n) is 3.90. The van der Waals surface area contributed by atoms with Crippen molar-refractivity contribution in [2.75, 3.05) is 18.5 Å². The van der Waals surface area contributed by atoms with Gasteiger partial charge in [-0.15, -0.1) is 0 Å². The summed E-state index contributed by atoms with van der Waals surface area (Å²) in [4.78, 5) is 21.7. The summed E-state index contributed by atoms with van der Waals surface area (Å²) in [6.07, 6.45) is 6.86. The molecule has 31 heavy (non-hydrogen) atoms. The van der Waals surface area contributed by atoms with Crippen LogP contribution in [0.5, 0.6) is 0 Å². The summed E-state index contributed by atoms with van der Waals surface area (Å²) in [5, 5.41) is 2.68. The first-order chi connectivity index (χ1) is 14.8. The van der Waals surface area contributed by atoms with Crippen molar-refractivity contribution in [3.8, 4) is 0 Å². The summed E-state index contributed by atoms with van der Waals surface area (Å²) in [6, 6.07) is 4.88. The van der Waals surface area contributed by atoms with Crippen molar-refractivity contribution in [3.63, 3.8) is 0 Å². The molecule has 1 atom stereocenters. The number of nitrogens with zero attached hydrogens (tertiary/aromatic N) is 2. The smallest absolute Gasteiger partial charge is 0.233 e. The molecule has 2 aromatic rings. The second-order valence-electron chi connectivity index (χ2n) is 8.31. The molecule has 166 valence electrons. The largest absolute Gasteiger partial charge is 0.381 e. The van der Waals surface area contributed by atoms with E-state index in [0.717, 1.165) is 18.5 Å². The average Bonchev–Trinajstić information content (AvgIpc) is 3.60. The van der Waals surface area contributed by atoms with Gasteiger partial charge in [-0.3, -0.25) is 9.78 Å². The number of sulfone groups is 1. The molecule has 4 rings (SSSR count). The molecule has 2 heterocycles. The Morgan fingerprint density at radius 1 is 1.19 bits per heavy atom. The van der Waals surface area contributed by atoms with Gasteiger partial charge >= 0.3 is 0 Å². The van der Waals surface area contributed by atoms with Crippen molar-refractivity contribution < 1.29 is 17.9 Å². The number of aromatic nitrogens is 2. The minimum absolute atomic E-state index is 0.148. The molecular formula is C22H26ClN3O4S. The number of amides is 1. The maximum absolute atomic E-state index is 13.2. The van der Waals surface area contributed by atoms with Crippen molar-refractivity contribution in [2.24, 2.45) is 5.92 Å². The summed E-state index contributed by atoms with van der Waals surface area (Å²) in [5.74, 6) is 0.0220. The number of hydrogen-bond donors (Lipinski definition) is 1. The van der Waals surface area contributed by atoms with Crippen LogP contribution in [-0.2, 0) is 19.4 Å². The lowest BCUT2D eigenvalue weighted by Gasteiger charge is -2.26. The zero-order valence-electron chi connectivity index (χ0n) is 17.4. The van der Waals surface area contributed by atoms with Crippen LogP contribution in [0.4, 0.5) is 5.82 Å². The van der Waals surface area contributed by atoms with Crippen LogP contribution in [-0.4, -0.2) is 42.8 Å². The molecular weight excluding hydrogens is 438 g/mol. The van der Waals surface area contributed by atoms with Crippen molar-refractivity contribution in [2.45, 2.75) is 55.1 Å². The number of carbonyl (C=O) groups is 1. The van der Waals surface area contributed by atoms with Gasteiger partial charge in [0.05, 0.1) is 39.2 Å². The van der Waals surface area contributed by atoms with Gasteiger partial charge in [0.15, 0.2) is 15.7 Å². The molecule has 0 radical (unpaired) electrons. The maximum atomic E-state index is 13.2. The predicted molar refractivity (Wildman–Crippen MR) is 118 cm³/mol. The van der Waals surface area contributed by atoms with Gasteiger partial charge in [-0.2, -0.15) is 0 Å². The van der Waals surface area contributed by atoms with Crippen LogP contribution in [0.15, 0.2) is 35.5 Å². The molecule has 1 saturated heterocycles. The van der Waals surface area contributed by atoms with Gasteiger partial charge in [0.1, 0.15) is 0 Å². The highest BCUT2D eigenvalue weighted by Gasteiger charge is 2.38. The topological polar surface area (TPSA) is 98.2 Å². The number of ether oxygens (including phenoxy) is 1. The summed E-state index contributed by atoms with van der Waals surface area (Å²) < 4.78 is 30.7. The minimum Gasteiger partial charge on any atom is -0.381 e. The predicted octanol–water partition coefficient (Wildman–Crippen LogP) is 3.91. The van der Waals surface area contributed by atoms with E-state index in [1.54, 1.807) is 24.4 Å². The van der Waals surface area contributed by atoms with Crippen LogP contribution in [0.1, 0.15) is 49.3 Å². The molecule has 9 heteroatoms. The minimum atomic E-state index is -3.41. The Bertz CT molecular complexity index is 1050. The number of aryl methyl sites for hydroxylation is 1.